The van der Waals surface area contributed by atoms with Crippen LogP contribution in [0, 0.1) is 0 Å². The third-order valence-electron chi connectivity index (χ3n) is 10.6. The van der Waals surface area contributed by atoms with Gasteiger partial charge in [-0.25, -0.2) is 15.0 Å². The van der Waals surface area contributed by atoms with Crippen LogP contribution >= 0.6 is 11.3 Å². The molecule has 11 aromatic rings. The first-order valence-corrected chi connectivity index (χ1v) is 19.5. The largest absolute Gasteiger partial charge is 0.455 e. The number of fused-ring (bicyclic) bond motifs is 6. The van der Waals surface area contributed by atoms with Crippen LogP contribution in [0.5, 0.6) is 0 Å². The highest BCUT2D eigenvalue weighted by molar-refractivity contribution is 7.26. The molecule has 0 N–H and O–H groups in total. The molecule has 5 heteroatoms. The first-order chi connectivity index (χ1) is 27.7. The summed E-state index contributed by atoms with van der Waals surface area (Å²) in [6.45, 7) is 0. The second-order valence-corrected chi connectivity index (χ2v) is 15.0. The Morgan fingerprint density at radius 3 is 1.62 bits per heavy atom. The van der Waals surface area contributed by atoms with Crippen LogP contribution in [0.4, 0.5) is 0 Å². The van der Waals surface area contributed by atoms with Crippen molar-refractivity contribution in [2.24, 2.45) is 0 Å². The molecule has 0 saturated carbocycles. The molecule has 56 heavy (non-hydrogen) atoms. The van der Waals surface area contributed by atoms with E-state index in [4.69, 9.17) is 19.4 Å². The van der Waals surface area contributed by atoms with Crippen molar-refractivity contribution >= 4 is 53.4 Å². The number of para-hydroxylation sites is 1. The van der Waals surface area contributed by atoms with E-state index in [1.165, 1.54) is 36.9 Å². The summed E-state index contributed by atoms with van der Waals surface area (Å²) in [4.78, 5) is 15.1. The molecule has 0 saturated heterocycles. The van der Waals surface area contributed by atoms with E-state index in [1.54, 1.807) is 0 Å². The van der Waals surface area contributed by atoms with Crippen LogP contribution in [0.15, 0.2) is 192 Å². The van der Waals surface area contributed by atoms with Gasteiger partial charge >= 0.3 is 0 Å². The van der Waals surface area contributed by atoms with E-state index in [9.17, 15) is 0 Å². The summed E-state index contributed by atoms with van der Waals surface area (Å²) in [6.07, 6.45) is 0. The zero-order chi connectivity index (χ0) is 37.0. The maximum atomic E-state index is 6.69. The molecule has 0 amide bonds. The second kappa shape index (κ2) is 13.3. The highest BCUT2D eigenvalue weighted by Gasteiger charge is 2.20. The number of hydrogen-bond donors (Lipinski definition) is 0. The zero-order valence-electron chi connectivity index (χ0n) is 30.1. The van der Waals surface area contributed by atoms with Crippen LogP contribution in [0.25, 0.3) is 110 Å². The van der Waals surface area contributed by atoms with Gasteiger partial charge in [-0.15, -0.1) is 11.3 Å². The molecule has 0 unspecified atom stereocenters. The van der Waals surface area contributed by atoms with Crippen LogP contribution < -0.4 is 0 Å². The van der Waals surface area contributed by atoms with Gasteiger partial charge < -0.3 is 4.42 Å². The first-order valence-electron chi connectivity index (χ1n) is 18.7. The van der Waals surface area contributed by atoms with E-state index in [1.807, 2.05) is 53.8 Å². The molecule has 0 aliphatic rings. The number of nitrogens with zero attached hydrogens (tertiary/aromatic N) is 3. The Balaban J connectivity index is 1.05. The van der Waals surface area contributed by atoms with E-state index < -0.39 is 0 Å². The van der Waals surface area contributed by atoms with Crippen LogP contribution in [0.3, 0.4) is 0 Å². The van der Waals surface area contributed by atoms with Gasteiger partial charge in [-0.05, 0) is 57.6 Å². The number of benzene rings is 8. The molecular formula is C51H31N3OS. The topological polar surface area (TPSA) is 51.8 Å². The quantitative estimate of drug-likeness (QED) is 0.171. The molecule has 0 atom stereocenters. The molecular weight excluding hydrogens is 703 g/mol. The van der Waals surface area contributed by atoms with Gasteiger partial charge in [0.15, 0.2) is 17.5 Å². The highest BCUT2D eigenvalue weighted by atomic mass is 32.1. The lowest BCUT2D eigenvalue weighted by Gasteiger charge is -2.09. The Morgan fingerprint density at radius 2 is 0.893 bits per heavy atom. The first kappa shape index (κ1) is 32.2. The molecule has 4 nitrogen and oxygen atoms in total. The Kier molecular flexibility index (Phi) is 7.64. The van der Waals surface area contributed by atoms with Crippen molar-refractivity contribution in [1.29, 1.82) is 0 Å². The van der Waals surface area contributed by atoms with E-state index in [2.05, 4.69) is 146 Å². The van der Waals surface area contributed by atoms with E-state index >= 15 is 0 Å². The monoisotopic (exact) mass is 733 g/mol. The van der Waals surface area contributed by atoms with Crippen molar-refractivity contribution in [2.75, 3.05) is 0 Å². The number of hydrogen-bond acceptors (Lipinski definition) is 5. The Bertz CT molecular complexity index is 3230. The lowest BCUT2D eigenvalue weighted by Crippen LogP contribution is -2.00. The van der Waals surface area contributed by atoms with E-state index in [0.717, 1.165) is 55.3 Å². The van der Waals surface area contributed by atoms with Gasteiger partial charge in [0.05, 0.1) is 5.56 Å². The minimum absolute atomic E-state index is 0.564. The fraction of sp³-hybridized carbons (Fsp3) is 0. The van der Waals surface area contributed by atoms with Gasteiger partial charge in [-0.2, -0.15) is 0 Å². The SMILES string of the molecule is c1ccc(-c2ccc(-c3nc(-c4ccccc4)nc(-c4cccc5c4oc4ccc(-c6cccc7sc8c(-c9ccccc9)cccc8c67)cc45)n3)cc2)cc1. The average molecular weight is 734 g/mol. The molecule has 262 valence electrons. The summed E-state index contributed by atoms with van der Waals surface area (Å²) in [6, 6.07) is 65.6. The minimum Gasteiger partial charge on any atom is -0.455 e. The Labute approximate surface area is 327 Å². The summed E-state index contributed by atoms with van der Waals surface area (Å²) >= 11 is 1.86. The lowest BCUT2D eigenvalue weighted by atomic mass is 9.96. The van der Waals surface area contributed by atoms with Crippen LogP contribution in [-0.4, -0.2) is 15.0 Å². The fourth-order valence-electron chi connectivity index (χ4n) is 7.86. The van der Waals surface area contributed by atoms with Gasteiger partial charge in [-0.3, -0.25) is 0 Å². The van der Waals surface area contributed by atoms with Crippen molar-refractivity contribution in [3.63, 3.8) is 0 Å². The minimum atomic E-state index is 0.564. The summed E-state index contributed by atoms with van der Waals surface area (Å²) in [5, 5.41) is 4.62. The van der Waals surface area contributed by atoms with Crippen LogP contribution in [-0.2, 0) is 0 Å². The Morgan fingerprint density at radius 1 is 0.357 bits per heavy atom. The van der Waals surface area contributed by atoms with Crippen molar-refractivity contribution in [3.8, 4) is 67.5 Å². The maximum absolute atomic E-state index is 6.69. The number of furan rings is 1. The lowest BCUT2D eigenvalue weighted by molar-refractivity contribution is 0.669. The van der Waals surface area contributed by atoms with Crippen LogP contribution in [0.2, 0.25) is 0 Å². The van der Waals surface area contributed by atoms with E-state index in [0.29, 0.717) is 17.5 Å². The summed E-state index contributed by atoms with van der Waals surface area (Å²) in [7, 11) is 0. The molecule has 0 aliphatic carbocycles. The summed E-state index contributed by atoms with van der Waals surface area (Å²) in [5.74, 6) is 1.78. The van der Waals surface area contributed by atoms with Crippen molar-refractivity contribution in [2.45, 2.75) is 0 Å². The average Bonchev–Trinajstić information content (AvgIpc) is 3.86. The predicted molar refractivity (Wildman–Crippen MR) is 233 cm³/mol. The molecule has 3 aromatic heterocycles. The van der Waals surface area contributed by atoms with Crippen molar-refractivity contribution < 1.29 is 4.42 Å². The van der Waals surface area contributed by atoms with Crippen molar-refractivity contribution in [3.05, 3.63) is 188 Å². The fourth-order valence-corrected chi connectivity index (χ4v) is 9.12. The van der Waals surface area contributed by atoms with Crippen molar-refractivity contribution in [1.82, 2.24) is 15.0 Å². The molecule has 0 radical (unpaired) electrons. The molecule has 0 fully saturated rings. The highest BCUT2D eigenvalue weighted by Crippen LogP contribution is 2.45. The van der Waals surface area contributed by atoms with E-state index in [-0.39, 0.29) is 0 Å². The molecule has 0 bridgehead atoms. The number of aromatic nitrogens is 3. The standard InChI is InChI=1S/C51H31N3OS/c1-4-13-32(14-5-1)33-25-27-36(28-26-33)50-52-49(35-17-8-3-9-18-35)53-51(54-50)42-23-11-21-40-43-31-37(29-30-44(43)55-47(40)42)38-19-12-24-45-46(38)41-22-10-20-39(48(41)56-45)34-15-6-2-7-16-34/h1-31H. The molecule has 3 heterocycles. The summed E-state index contributed by atoms with van der Waals surface area (Å²) < 4.78 is 9.27. The number of rotatable bonds is 6. The maximum Gasteiger partial charge on any atom is 0.167 e. The summed E-state index contributed by atoms with van der Waals surface area (Å²) in [5.41, 5.74) is 11.4. The second-order valence-electron chi connectivity index (χ2n) is 13.9. The third kappa shape index (κ3) is 5.48. The van der Waals surface area contributed by atoms with Crippen LogP contribution in [0.1, 0.15) is 0 Å². The predicted octanol–water partition coefficient (Wildman–Crippen LogP) is 14.1. The molecule has 11 rings (SSSR count). The van der Waals surface area contributed by atoms with Gasteiger partial charge in [0.1, 0.15) is 11.2 Å². The third-order valence-corrected chi connectivity index (χ3v) is 11.8. The Hall–Kier alpha value is -7.21. The molecule has 8 aromatic carbocycles. The normalized spacial score (nSPS) is 11.6. The van der Waals surface area contributed by atoms with Gasteiger partial charge in [-0.1, -0.05) is 164 Å². The molecule has 0 spiro atoms. The van der Waals surface area contributed by atoms with Gasteiger partial charge in [0.2, 0.25) is 0 Å². The van der Waals surface area contributed by atoms with Gasteiger partial charge in [0, 0.05) is 42.1 Å². The number of thiophene rings is 1. The molecule has 0 aliphatic heterocycles. The zero-order valence-corrected chi connectivity index (χ0v) is 30.9. The van der Waals surface area contributed by atoms with Gasteiger partial charge in [0.25, 0.3) is 0 Å². The smallest absolute Gasteiger partial charge is 0.167 e.